The number of hydrogen-bond donors (Lipinski definition) is 1. The lowest BCUT2D eigenvalue weighted by atomic mass is 10.4. The van der Waals surface area contributed by atoms with Crippen LogP contribution < -0.4 is 5.73 Å². The summed E-state index contributed by atoms with van der Waals surface area (Å²) in [6.07, 6.45) is 3.46. The molecule has 0 atom stereocenters. The molecule has 0 amide bonds. The molecule has 2 heterocycles. The van der Waals surface area contributed by atoms with Crippen molar-refractivity contribution in [2.45, 2.75) is 6.54 Å². The predicted octanol–water partition coefficient (Wildman–Crippen LogP) is -0.306. The first-order valence-electron chi connectivity index (χ1n) is 4.33. The van der Waals surface area contributed by atoms with Gasteiger partial charge in [0.05, 0.1) is 12.2 Å². The van der Waals surface area contributed by atoms with E-state index in [0.717, 1.165) is 5.69 Å². The van der Waals surface area contributed by atoms with Crippen molar-refractivity contribution in [1.29, 1.82) is 0 Å². The standard InChI is InChI=1S/C8H10N6S/c1-13-3-2-6(11-13)4-14-5-10-8(12-14)7(9)15/h2-3,5H,4H2,1H3,(H2,9,15). The smallest absolute Gasteiger partial charge is 0.208 e. The van der Waals surface area contributed by atoms with Gasteiger partial charge in [0.15, 0.2) is 0 Å². The third-order valence-electron chi connectivity index (χ3n) is 1.85. The van der Waals surface area contributed by atoms with Gasteiger partial charge in [0.2, 0.25) is 5.82 Å². The van der Waals surface area contributed by atoms with E-state index in [1.54, 1.807) is 15.7 Å². The van der Waals surface area contributed by atoms with Crippen molar-refractivity contribution in [3.8, 4) is 0 Å². The first-order chi connectivity index (χ1) is 7.15. The van der Waals surface area contributed by atoms with Crippen LogP contribution in [0.3, 0.4) is 0 Å². The van der Waals surface area contributed by atoms with Crippen molar-refractivity contribution in [2.24, 2.45) is 12.8 Å². The van der Waals surface area contributed by atoms with E-state index in [-0.39, 0.29) is 4.99 Å². The van der Waals surface area contributed by atoms with Crippen molar-refractivity contribution in [3.63, 3.8) is 0 Å². The fraction of sp³-hybridized carbons (Fsp3) is 0.250. The molecule has 2 aromatic heterocycles. The zero-order valence-electron chi connectivity index (χ0n) is 8.16. The number of aryl methyl sites for hydroxylation is 1. The summed E-state index contributed by atoms with van der Waals surface area (Å²) in [6.45, 7) is 0.566. The second kappa shape index (κ2) is 3.77. The average molecular weight is 222 g/mol. The van der Waals surface area contributed by atoms with E-state index in [4.69, 9.17) is 18.0 Å². The highest BCUT2D eigenvalue weighted by Gasteiger charge is 2.04. The third-order valence-corrected chi connectivity index (χ3v) is 2.03. The quantitative estimate of drug-likeness (QED) is 0.721. The minimum absolute atomic E-state index is 0.203. The largest absolute Gasteiger partial charge is 0.387 e. The summed E-state index contributed by atoms with van der Waals surface area (Å²) >= 11 is 4.76. The van der Waals surface area contributed by atoms with Crippen LogP contribution in [0.25, 0.3) is 0 Å². The first-order valence-corrected chi connectivity index (χ1v) is 4.74. The van der Waals surface area contributed by atoms with Gasteiger partial charge in [0.25, 0.3) is 0 Å². The number of rotatable bonds is 3. The first kappa shape index (κ1) is 9.78. The lowest BCUT2D eigenvalue weighted by Gasteiger charge is -1.95. The Bertz CT molecular complexity index is 485. The Kier molecular flexibility index (Phi) is 2.46. The van der Waals surface area contributed by atoms with Crippen molar-refractivity contribution in [1.82, 2.24) is 24.5 Å². The highest BCUT2D eigenvalue weighted by atomic mass is 32.1. The minimum Gasteiger partial charge on any atom is -0.387 e. The summed E-state index contributed by atoms with van der Waals surface area (Å²) in [5.74, 6) is 0.390. The van der Waals surface area contributed by atoms with E-state index in [1.165, 1.54) is 0 Å². The number of thiocarbonyl (C=S) groups is 1. The summed E-state index contributed by atoms with van der Waals surface area (Å²) in [7, 11) is 1.87. The van der Waals surface area contributed by atoms with Crippen LogP contribution in [0.5, 0.6) is 0 Å². The normalized spacial score (nSPS) is 10.5. The summed E-state index contributed by atoms with van der Waals surface area (Å²) in [4.78, 5) is 4.17. The van der Waals surface area contributed by atoms with Gasteiger partial charge in [-0.2, -0.15) is 5.10 Å². The van der Waals surface area contributed by atoms with E-state index in [1.807, 2.05) is 19.3 Å². The second-order valence-electron chi connectivity index (χ2n) is 3.11. The molecule has 2 N–H and O–H groups in total. The van der Waals surface area contributed by atoms with Crippen LogP contribution in [-0.2, 0) is 13.6 Å². The van der Waals surface area contributed by atoms with E-state index >= 15 is 0 Å². The molecule has 0 aromatic carbocycles. The molecule has 0 spiro atoms. The Labute approximate surface area is 91.7 Å². The highest BCUT2D eigenvalue weighted by molar-refractivity contribution is 7.80. The monoisotopic (exact) mass is 222 g/mol. The lowest BCUT2D eigenvalue weighted by Crippen LogP contribution is -2.12. The van der Waals surface area contributed by atoms with Crippen molar-refractivity contribution in [2.75, 3.05) is 0 Å². The molecule has 0 aliphatic heterocycles. The summed E-state index contributed by atoms with van der Waals surface area (Å²) in [6, 6.07) is 1.92. The Morgan fingerprint density at radius 1 is 1.53 bits per heavy atom. The molecule has 0 unspecified atom stereocenters. The zero-order valence-corrected chi connectivity index (χ0v) is 8.98. The molecule has 2 rings (SSSR count). The molecule has 0 saturated carbocycles. The summed E-state index contributed by atoms with van der Waals surface area (Å²) in [5, 5.41) is 8.33. The SMILES string of the molecule is Cn1ccc(Cn2cnc(C(N)=S)n2)n1. The maximum absolute atomic E-state index is 5.40. The minimum atomic E-state index is 0.203. The lowest BCUT2D eigenvalue weighted by molar-refractivity contribution is 0.648. The number of nitrogens with zero attached hydrogens (tertiary/aromatic N) is 5. The Morgan fingerprint density at radius 3 is 2.87 bits per heavy atom. The van der Waals surface area contributed by atoms with Crippen LogP contribution in [-0.4, -0.2) is 29.5 Å². The van der Waals surface area contributed by atoms with E-state index in [2.05, 4.69) is 15.2 Å². The van der Waals surface area contributed by atoms with Gasteiger partial charge in [-0.25, -0.2) is 9.67 Å². The summed E-state index contributed by atoms with van der Waals surface area (Å²) < 4.78 is 3.39. The third kappa shape index (κ3) is 2.18. The molecule has 0 saturated heterocycles. The molecule has 78 valence electrons. The molecule has 6 nitrogen and oxygen atoms in total. The van der Waals surface area contributed by atoms with Crippen LogP contribution in [0.15, 0.2) is 18.6 Å². The Hall–Kier alpha value is -1.76. The van der Waals surface area contributed by atoms with Crippen LogP contribution in [0.4, 0.5) is 0 Å². The van der Waals surface area contributed by atoms with Gasteiger partial charge >= 0.3 is 0 Å². The average Bonchev–Trinajstić information content (AvgIpc) is 2.76. The van der Waals surface area contributed by atoms with E-state index in [9.17, 15) is 0 Å². The van der Waals surface area contributed by atoms with E-state index < -0.39 is 0 Å². The molecule has 0 bridgehead atoms. The molecule has 0 fully saturated rings. The van der Waals surface area contributed by atoms with Crippen LogP contribution in [0, 0.1) is 0 Å². The number of hydrogen-bond acceptors (Lipinski definition) is 4. The molecule has 0 aliphatic rings. The van der Waals surface area contributed by atoms with Gasteiger partial charge in [0, 0.05) is 13.2 Å². The maximum atomic E-state index is 5.40. The van der Waals surface area contributed by atoms with Crippen LogP contribution in [0.1, 0.15) is 11.5 Å². The fourth-order valence-electron chi connectivity index (χ4n) is 1.20. The number of nitrogens with two attached hydrogens (primary N) is 1. The topological polar surface area (TPSA) is 74.5 Å². The van der Waals surface area contributed by atoms with Crippen LogP contribution >= 0.6 is 12.2 Å². The predicted molar refractivity (Wildman–Crippen MR) is 58.2 cm³/mol. The zero-order chi connectivity index (χ0) is 10.8. The molecule has 0 radical (unpaired) electrons. The van der Waals surface area contributed by atoms with Gasteiger partial charge in [-0.05, 0) is 6.07 Å². The Balaban J connectivity index is 2.14. The molecule has 7 heteroatoms. The van der Waals surface area contributed by atoms with E-state index in [0.29, 0.717) is 12.4 Å². The van der Waals surface area contributed by atoms with Gasteiger partial charge in [-0.15, -0.1) is 5.10 Å². The Morgan fingerprint density at radius 2 is 2.33 bits per heavy atom. The second-order valence-corrected chi connectivity index (χ2v) is 3.55. The van der Waals surface area contributed by atoms with Gasteiger partial charge in [-0.3, -0.25) is 4.68 Å². The molecular weight excluding hydrogens is 212 g/mol. The molecule has 15 heavy (non-hydrogen) atoms. The van der Waals surface area contributed by atoms with Gasteiger partial charge in [0.1, 0.15) is 11.3 Å². The van der Waals surface area contributed by atoms with Crippen molar-refractivity contribution < 1.29 is 0 Å². The molecule has 0 aliphatic carbocycles. The fourth-order valence-corrected chi connectivity index (χ4v) is 1.29. The van der Waals surface area contributed by atoms with Gasteiger partial charge in [-0.1, -0.05) is 12.2 Å². The summed E-state index contributed by atoms with van der Waals surface area (Å²) in [5.41, 5.74) is 6.31. The molecule has 2 aromatic rings. The van der Waals surface area contributed by atoms with Crippen molar-refractivity contribution >= 4 is 17.2 Å². The molecular formula is C8H10N6S. The van der Waals surface area contributed by atoms with Gasteiger partial charge < -0.3 is 5.73 Å². The maximum Gasteiger partial charge on any atom is 0.208 e. The highest BCUT2D eigenvalue weighted by Crippen LogP contribution is 1.98. The van der Waals surface area contributed by atoms with Crippen LogP contribution in [0.2, 0.25) is 0 Å². The van der Waals surface area contributed by atoms with Crippen molar-refractivity contribution in [3.05, 3.63) is 30.1 Å². The number of aromatic nitrogens is 5.